The van der Waals surface area contributed by atoms with Gasteiger partial charge in [0.15, 0.2) is 0 Å². The number of hydrogen-bond acceptors (Lipinski definition) is 5. The van der Waals surface area contributed by atoms with Crippen molar-refractivity contribution in [2.75, 3.05) is 26.3 Å². The molecule has 5 nitrogen and oxygen atoms in total. The van der Waals surface area contributed by atoms with Crippen molar-refractivity contribution in [1.82, 2.24) is 4.90 Å². The zero-order valence-corrected chi connectivity index (χ0v) is 16.2. The molecule has 0 bridgehead atoms. The molecule has 1 saturated heterocycles. The molecule has 0 N–H and O–H groups in total. The number of morpholine rings is 1. The van der Waals surface area contributed by atoms with Crippen molar-refractivity contribution in [3.05, 3.63) is 46.8 Å². The van der Waals surface area contributed by atoms with E-state index in [0.29, 0.717) is 42.7 Å². The van der Waals surface area contributed by atoms with E-state index >= 15 is 0 Å². The maximum atomic E-state index is 12.8. The summed E-state index contributed by atoms with van der Waals surface area (Å²) < 4.78 is 10.8. The first kappa shape index (κ1) is 18.2. The van der Waals surface area contributed by atoms with Crippen LogP contribution in [0, 0.1) is 5.92 Å². The van der Waals surface area contributed by atoms with Crippen LogP contribution in [0.4, 0.5) is 0 Å². The van der Waals surface area contributed by atoms with Crippen LogP contribution in [0.3, 0.4) is 0 Å². The molecule has 4 rings (SSSR count). The predicted molar refractivity (Wildman–Crippen MR) is 104 cm³/mol. The van der Waals surface area contributed by atoms with Gasteiger partial charge in [-0.25, -0.2) is 4.79 Å². The van der Waals surface area contributed by atoms with E-state index in [1.807, 2.05) is 35.2 Å². The lowest BCUT2D eigenvalue weighted by Crippen LogP contribution is -2.46. The third-order valence-corrected chi connectivity index (χ3v) is 6.14. The molecule has 0 radical (unpaired) electrons. The number of carbonyl (C=O) groups is 2. The summed E-state index contributed by atoms with van der Waals surface area (Å²) in [5, 5.41) is 0. The molecule has 1 aromatic carbocycles. The first-order valence-corrected chi connectivity index (χ1v) is 10.3. The highest BCUT2D eigenvalue weighted by molar-refractivity contribution is 7.17. The Kier molecular flexibility index (Phi) is 5.27. The van der Waals surface area contributed by atoms with Crippen molar-refractivity contribution in [2.45, 2.75) is 25.9 Å². The lowest BCUT2D eigenvalue weighted by molar-refractivity contribution is -0.0313. The quantitative estimate of drug-likeness (QED) is 0.734. The largest absolute Gasteiger partial charge is 0.462 e. The van der Waals surface area contributed by atoms with Gasteiger partial charge in [0.25, 0.3) is 5.91 Å². The molecule has 0 spiro atoms. The maximum Gasteiger partial charge on any atom is 0.348 e. The number of carbonyl (C=O) groups excluding carboxylic acids is 2. The highest BCUT2D eigenvalue weighted by Crippen LogP contribution is 2.36. The van der Waals surface area contributed by atoms with Gasteiger partial charge in [-0.3, -0.25) is 4.79 Å². The van der Waals surface area contributed by atoms with Gasteiger partial charge < -0.3 is 14.4 Å². The molecule has 1 saturated carbocycles. The van der Waals surface area contributed by atoms with Crippen LogP contribution in [0.25, 0.3) is 10.4 Å². The number of amides is 1. The van der Waals surface area contributed by atoms with Crippen LogP contribution in [-0.4, -0.2) is 49.2 Å². The van der Waals surface area contributed by atoms with E-state index < -0.39 is 0 Å². The standard InChI is InChI=1S/C21H23NO4S/c1-2-25-21(24)19-10-9-18(27-19)15-5-7-16(8-6-15)20(23)22-11-12-26-17(13-22)14-3-4-14/h5-10,14,17H,2-4,11-13H2,1H3. The number of ether oxygens (including phenoxy) is 2. The second kappa shape index (κ2) is 7.82. The highest BCUT2D eigenvalue weighted by atomic mass is 32.1. The smallest absolute Gasteiger partial charge is 0.348 e. The van der Waals surface area contributed by atoms with Crippen molar-refractivity contribution in [3.63, 3.8) is 0 Å². The number of rotatable bonds is 5. The molecule has 2 heterocycles. The molecular formula is C21H23NO4S. The second-order valence-corrected chi connectivity index (χ2v) is 8.04. The Hall–Kier alpha value is -2.18. The minimum atomic E-state index is -0.293. The average molecular weight is 385 g/mol. The average Bonchev–Trinajstić information content (AvgIpc) is 3.44. The van der Waals surface area contributed by atoms with Crippen molar-refractivity contribution in [3.8, 4) is 10.4 Å². The van der Waals surface area contributed by atoms with Gasteiger partial charge in [-0.2, -0.15) is 0 Å². The summed E-state index contributed by atoms with van der Waals surface area (Å²) in [4.78, 5) is 28.1. The highest BCUT2D eigenvalue weighted by Gasteiger charge is 2.36. The zero-order valence-electron chi connectivity index (χ0n) is 15.3. The molecular weight excluding hydrogens is 362 g/mol. The maximum absolute atomic E-state index is 12.8. The molecule has 27 heavy (non-hydrogen) atoms. The van der Waals surface area contributed by atoms with E-state index in [1.54, 1.807) is 13.0 Å². The molecule has 142 valence electrons. The monoisotopic (exact) mass is 385 g/mol. The van der Waals surface area contributed by atoms with Gasteiger partial charge in [0, 0.05) is 23.5 Å². The number of thiophene rings is 1. The second-order valence-electron chi connectivity index (χ2n) is 6.96. The van der Waals surface area contributed by atoms with Gasteiger partial charge in [0.05, 0.1) is 19.3 Å². The third kappa shape index (κ3) is 4.06. The summed E-state index contributed by atoms with van der Waals surface area (Å²) in [6.45, 7) is 4.13. The zero-order chi connectivity index (χ0) is 18.8. The fraction of sp³-hybridized carbons (Fsp3) is 0.429. The van der Waals surface area contributed by atoms with Gasteiger partial charge in [-0.05, 0) is 55.5 Å². The number of hydrogen-bond donors (Lipinski definition) is 0. The summed E-state index contributed by atoms with van der Waals surface area (Å²) in [6, 6.07) is 11.3. The minimum Gasteiger partial charge on any atom is -0.462 e. The molecule has 1 unspecified atom stereocenters. The number of benzene rings is 1. The van der Waals surface area contributed by atoms with Crippen LogP contribution in [-0.2, 0) is 9.47 Å². The first-order chi connectivity index (χ1) is 13.2. The Morgan fingerprint density at radius 1 is 1.19 bits per heavy atom. The van der Waals surface area contributed by atoms with Gasteiger partial charge >= 0.3 is 5.97 Å². The van der Waals surface area contributed by atoms with E-state index in [9.17, 15) is 9.59 Å². The SMILES string of the molecule is CCOC(=O)c1ccc(-c2ccc(C(=O)N3CCOC(C4CC4)C3)cc2)s1. The van der Waals surface area contributed by atoms with Crippen molar-refractivity contribution in [1.29, 1.82) is 0 Å². The summed E-state index contributed by atoms with van der Waals surface area (Å²) in [5.74, 6) is 0.405. The van der Waals surface area contributed by atoms with E-state index in [2.05, 4.69) is 0 Å². The van der Waals surface area contributed by atoms with Crippen LogP contribution in [0.2, 0.25) is 0 Å². The molecule has 2 aromatic rings. The Morgan fingerprint density at radius 2 is 1.96 bits per heavy atom. The molecule has 2 aliphatic rings. The van der Waals surface area contributed by atoms with Crippen LogP contribution < -0.4 is 0 Å². The van der Waals surface area contributed by atoms with Gasteiger partial charge in [0.2, 0.25) is 0 Å². The minimum absolute atomic E-state index is 0.0638. The Morgan fingerprint density at radius 3 is 2.67 bits per heavy atom. The van der Waals surface area contributed by atoms with E-state index in [1.165, 1.54) is 24.2 Å². The van der Waals surface area contributed by atoms with E-state index in [0.717, 1.165) is 10.4 Å². The molecule has 1 aromatic heterocycles. The van der Waals surface area contributed by atoms with Gasteiger partial charge in [-0.1, -0.05) is 12.1 Å². The fourth-order valence-corrected chi connectivity index (χ4v) is 4.28. The third-order valence-electron chi connectivity index (χ3n) is 5.03. The summed E-state index contributed by atoms with van der Waals surface area (Å²) in [7, 11) is 0. The van der Waals surface area contributed by atoms with Gasteiger partial charge in [-0.15, -0.1) is 11.3 Å². The van der Waals surface area contributed by atoms with E-state index in [4.69, 9.17) is 9.47 Å². The molecule has 6 heteroatoms. The summed E-state index contributed by atoms with van der Waals surface area (Å²) >= 11 is 1.40. The Bertz CT molecular complexity index is 825. The molecule has 2 fully saturated rings. The van der Waals surface area contributed by atoms with Gasteiger partial charge in [0.1, 0.15) is 4.88 Å². The van der Waals surface area contributed by atoms with Crippen molar-refractivity contribution in [2.24, 2.45) is 5.92 Å². The summed E-state index contributed by atoms with van der Waals surface area (Å²) in [6.07, 6.45) is 2.64. The first-order valence-electron chi connectivity index (χ1n) is 9.44. The lowest BCUT2D eigenvalue weighted by Gasteiger charge is -2.33. The summed E-state index contributed by atoms with van der Waals surface area (Å²) in [5.41, 5.74) is 1.68. The lowest BCUT2D eigenvalue weighted by atomic mass is 10.1. The van der Waals surface area contributed by atoms with Crippen LogP contribution in [0.1, 0.15) is 39.8 Å². The fourth-order valence-electron chi connectivity index (χ4n) is 3.38. The Labute approximate surface area is 162 Å². The topological polar surface area (TPSA) is 55.8 Å². The van der Waals surface area contributed by atoms with Crippen LogP contribution >= 0.6 is 11.3 Å². The Balaban J connectivity index is 1.44. The number of nitrogens with zero attached hydrogens (tertiary/aromatic N) is 1. The van der Waals surface area contributed by atoms with E-state index in [-0.39, 0.29) is 18.0 Å². The van der Waals surface area contributed by atoms with Crippen LogP contribution in [0.5, 0.6) is 0 Å². The molecule has 1 amide bonds. The molecule has 1 aliphatic heterocycles. The van der Waals surface area contributed by atoms with Crippen molar-refractivity contribution < 1.29 is 19.1 Å². The number of esters is 1. The molecule has 1 atom stereocenters. The van der Waals surface area contributed by atoms with Crippen molar-refractivity contribution >= 4 is 23.2 Å². The van der Waals surface area contributed by atoms with Crippen LogP contribution in [0.15, 0.2) is 36.4 Å². The predicted octanol–water partition coefficient (Wildman–Crippen LogP) is 3.84. The molecule has 1 aliphatic carbocycles. The normalized spacial score (nSPS) is 19.7.